The molecule has 0 aromatic heterocycles. The van der Waals surface area contributed by atoms with Crippen LogP contribution in [0.3, 0.4) is 0 Å². The number of esters is 1. The van der Waals surface area contributed by atoms with Crippen molar-refractivity contribution in [3.63, 3.8) is 0 Å². The summed E-state index contributed by atoms with van der Waals surface area (Å²) in [6.07, 6.45) is 0.885. The summed E-state index contributed by atoms with van der Waals surface area (Å²) < 4.78 is 4.98. The number of amides is 1. The van der Waals surface area contributed by atoms with Gasteiger partial charge in [0.05, 0.1) is 16.8 Å². The number of hydrogen-bond donors (Lipinski definition) is 1. The van der Waals surface area contributed by atoms with Crippen molar-refractivity contribution in [2.75, 3.05) is 11.9 Å². The number of para-hydroxylation sites is 1. The maximum Gasteiger partial charge on any atom is 0.338 e. The van der Waals surface area contributed by atoms with Crippen molar-refractivity contribution in [3.05, 3.63) is 65.2 Å². The predicted molar refractivity (Wildman–Crippen MR) is 85.9 cm³/mol. The van der Waals surface area contributed by atoms with Crippen LogP contribution in [-0.2, 0) is 16.0 Å². The Kier molecular flexibility index (Phi) is 5.48. The van der Waals surface area contributed by atoms with Gasteiger partial charge in [-0.3, -0.25) is 4.79 Å². The molecular formula is C18H16N2O3. The summed E-state index contributed by atoms with van der Waals surface area (Å²) in [6.45, 7) is 1.62. The highest BCUT2D eigenvalue weighted by atomic mass is 16.5. The van der Waals surface area contributed by atoms with Crippen molar-refractivity contribution in [2.24, 2.45) is 0 Å². The molecular weight excluding hydrogens is 292 g/mol. The number of carbonyl (C=O) groups is 2. The number of hydrogen-bond acceptors (Lipinski definition) is 4. The molecule has 0 unspecified atom stereocenters. The molecule has 0 aliphatic rings. The minimum absolute atomic E-state index is 0.349. The fraction of sp³-hybridized carbons (Fsp3) is 0.167. The number of nitriles is 1. The van der Waals surface area contributed by atoms with Gasteiger partial charge in [-0.2, -0.15) is 5.26 Å². The third-order valence-corrected chi connectivity index (χ3v) is 3.25. The van der Waals surface area contributed by atoms with E-state index in [9.17, 15) is 9.59 Å². The molecule has 0 saturated heterocycles. The first kappa shape index (κ1) is 16.2. The standard InChI is InChI=1S/C18H16N2O3/c1-2-13-7-9-14(10-8-13)18(22)23-12-17(21)20-16-6-4-3-5-15(16)11-19/h3-10H,2,12H2,1H3,(H,20,21). The Bertz CT molecular complexity index is 746. The van der Waals surface area contributed by atoms with Crippen LogP contribution >= 0.6 is 0 Å². The molecule has 5 nitrogen and oxygen atoms in total. The summed E-state index contributed by atoms with van der Waals surface area (Å²) in [5, 5.41) is 11.5. The maximum atomic E-state index is 11.9. The second-order valence-electron chi connectivity index (χ2n) is 4.83. The van der Waals surface area contributed by atoms with Crippen molar-refractivity contribution >= 4 is 17.6 Å². The number of ether oxygens (including phenoxy) is 1. The lowest BCUT2D eigenvalue weighted by atomic mass is 10.1. The maximum absolute atomic E-state index is 11.9. The Balaban J connectivity index is 1.91. The van der Waals surface area contributed by atoms with Crippen LogP contribution in [0.25, 0.3) is 0 Å². The Labute approximate surface area is 134 Å². The van der Waals surface area contributed by atoms with E-state index in [4.69, 9.17) is 10.00 Å². The predicted octanol–water partition coefficient (Wildman–Crippen LogP) is 2.92. The Morgan fingerprint density at radius 2 is 1.83 bits per heavy atom. The van der Waals surface area contributed by atoms with E-state index in [0.29, 0.717) is 16.8 Å². The molecule has 0 radical (unpaired) electrons. The van der Waals surface area contributed by atoms with Crippen molar-refractivity contribution in [1.29, 1.82) is 5.26 Å². The van der Waals surface area contributed by atoms with Crippen molar-refractivity contribution < 1.29 is 14.3 Å². The van der Waals surface area contributed by atoms with Crippen LogP contribution in [-0.4, -0.2) is 18.5 Å². The Morgan fingerprint density at radius 1 is 1.13 bits per heavy atom. The summed E-state index contributed by atoms with van der Waals surface area (Å²) in [6, 6.07) is 15.6. The molecule has 0 heterocycles. The Hall–Kier alpha value is -3.13. The van der Waals surface area contributed by atoms with Gasteiger partial charge in [0.1, 0.15) is 6.07 Å². The van der Waals surface area contributed by atoms with E-state index in [0.717, 1.165) is 12.0 Å². The van der Waals surface area contributed by atoms with E-state index in [1.165, 1.54) is 0 Å². The molecule has 0 atom stereocenters. The minimum atomic E-state index is -0.559. The van der Waals surface area contributed by atoms with Crippen molar-refractivity contribution in [2.45, 2.75) is 13.3 Å². The van der Waals surface area contributed by atoms with Crippen LogP contribution in [0.5, 0.6) is 0 Å². The number of carbonyl (C=O) groups excluding carboxylic acids is 2. The van der Waals surface area contributed by atoms with Gasteiger partial charge in [0.15, 0.2) is 6.61 Å². The van der Waals surface area contributed by atoms with Gasteiger partial charge in [0.25, 0.3) is 5.91 Å². The van der Waals surface area contributed by atoms with Crippen LogP contribution in [0.1, 0.15) is 28.4 Å². The second kappa shape index (κ2) is 7.76. The molecule has 0 aliphatic carbocycles. The first-order valence-corrected chi connectivity index (χ1v) is 7.19. The normalized spacial score (nSPS) is 9.74. The fourth-order valence-electron chi connectivity index (χ4n) is 1.97. The van der Waals surface area contributed by atoms with E-state index in [1.807, 2.05) is 25.1 Å². The lowest BCUT2D eigenvalue weighted by Gasteiger charge is -2.08. The topological polar surface area (TPSA) is 79.2 Å². The molecule has 2 rings (SSSR count). The smallest absolute Gasteiger partial charge is 0.338 e. The first-order chi connectivity index (χ1) is 11.1. The zero-order chi connectivity index (χ0) is 16.7. The van der Waals surface area contributed by atoms with E-state index >= 15 is 0 Å². The van der Waals surface area contributed by atoms with Gasteiger partial charge in [-0.25, -0.2) is 4.79 Å². The molecule has 1 amide bonds. The summed E-state index contributed by atoms with van der Waals surface area (Å²) in [5.41, 5.74) is 2.26. The second-order valence-corrected chi connectivity index (χ2v) is 4.83. The number of nitrogens with one attached hydrogen (secondary N) is 1. The largest absolute Gasteiger partial charge is 0.452 e. The van der Waals surface area contributed by atoms with E-state index < -0.39 is 18.5 Å². The molecule has 0 saturated carbocycles. The summed E-state index contributed by atoms with van der Waals surface area (Å²) >= 11 is 0. The van der Waals surface area contributed by atoms with E-state index in [1.54, 1.807) is 36.4 Å². The van der Waals surface area contributed by atoms with Crippen LogP contribution in [0.2, 0.25) is 0 Å². The number of anilines is 1. The molecule has 0 aliphatic heterocycles. The summed E-state index contributed by atoms with van der Waals surface area (Å²) in [5.74, 6) is -1.05. The third kappa shape index (κ3) is 4.42. The van der Waals surface area contributed by atoms with Crippen LogP contribution in [0.15, 0.2) is 48.5 Å². The molecule has 116 valence electrons. The van der Waals surface area contributed by atoms with Crippen molar-refractivity contribution in [3.8, 4) is 6.07 Å². The molecule has 0 bridgehead atoms. The number of rotatable bonds is 5. The summed E-state index contributed by atoms with van der Waals surface area (Å²) in [7, 11) is 0. The van der Waals surface area contributed by atoms with Gasteiger partial charge in [-0.1, -0.05) is 31.2 Å². The van der Waals surface area contributed by atoms with E-state index in [-0.39, 0.29) is 0 Å². The number of aryl methyl sites for hydroxylation is 1. The van der Waals surface area contributed by atoms with Gasteiger partial charge in [0.2, 0.25) is 0 Å². The summed E-state index contributed by atoms with van der Waals surface area (Å²) in [4.78, 5) is 23.7. The van der Waals surface area contributed by atoms with Gasteiger partial charge < -0.3 is 10.1 Å². The Morgan fingerprint density at radius 3 is 2.48 bits per heavy atom. The zero-order valence-corrected chi connectivity index (χ0v) is 12.7. The molecule has 0 spiro atoms. The monoisotopic (exact) mass is 308 g/mol. The van der Waals surface area contributed by atoms with Gasteiger partial charge in [-0.05, 0) is 36.2 Å². The molecule has 1 N–H and O–H groups in total. The molecule has 23 heavy (non-hydrogen) atoms. The lowest BCUT2D eigenvalue weighted by molar-refractivity contribution is -0.119. The van der Waals surface area contributed by atoms with Crippen molar-refractivity contribution in [1.82, 2.24) is 0 Å². The van der Waals surface area contributed by atoms with Gasteiger partial charge in [-0.15, -0.1) is 0 Å². The first-order valence-electron chi connectivity index (χ1n) is 7.19. The fourth-order valence-corrected chi connectivity index (χ4v) is 1.97. The van der Waals surface area contributed by atoms with Gasteiger partial charge >= 0.3 is 5.97 Å². The molecule has 0 fully saturated rings. The number of benzene rings is 2. The SMILES string of the molecule is CCc1ccc(C(=O)OCC(=O)Nc2ccccc2C#N)cc1. The highest BCUT2D eigenvalue weighted by Gasteiger charge is 2.11. The van der Waals surface area contributed by atoms with E-state index in [2.05, 4.69) is 5.32 Å². The minimum Gasteiger partial charge on any atom is -0.452 e. The average Bonchev–Trinajstić information content (AvgIpc) is 2.60. The molecule has 2 aromatic carbocycles. The number of nitrogens with zero attached hydrogens (tertiary/aromatic N) is 1. The third-order valence-electron chi connectivity index (χ3n) is 3.25. The average molecular weight is 308 g/mol. The molecule has 2 aromatic rings. The van der Waals surface area contributed by atoms with Crippen LogP contribution in [0, 0.1) is 11.3 Å². The highest BCUT2D eigenvalue weighted by molar-refractivity contribution is 5.96. The van der Waals surface area contributed by atoms with Crippen LogP contribution in [0.4, 0.5) is 5.69 Å². The van der Waals surface area contributed by atoms with Gasteiger partial charge in [0, 0.05) is 0 Å². The quantitative estimate of drug-likeness (QED) is 0.861. The zero-order valence-electron chi connectivity index (χ0n) is 12.7. The van der Waals surface area contributed by atoms with Crippen LogP contribution < -0.4 is 5.32 Å². The highest BCUT2D eigenvalue weighted by Crippen LogP contribution is 2.13. The lowest BCUT2D eigenvalue weighted by Crippen LogP contribution is -2.21. The molecule has 5 heteroatoms.